The zero-order valence-corrected chi connectivity index (χ0v) is 14.2. The van der Waals surface area contributed by atoms with E-state index in [1.807, 2.05) is 12.1 Å². The fourth-order valence-corrected chi connectivity index (χ4v) is 2.85. The molecule has 132 valence electrons. The lowest BCUT2D eigenvalue weighted by molar-refractivity contribution is -0.137. The van der Waals surface area contributed by atoms with E-state index in [-0.39, 0.29) is 23.2 Å². The number of carbonyl (C=O) groups is 1. The van der Waals surface area contributed by atoms with E-state index in [0.717, 1.165) is 36.1 Å². The van der Waals surface area contributed by atoms with Crippen LogP contribution in [0, 0.1) is 0 Å². The van der Waals surface area contributed by atoms with Crippen LogP contribution in [0.2, 0.25) is 5.02 Å². The summed E-state index contributed by atoms with van der Waals surface area (Å²) in [6.45, 7) is 1.63. The molecule has 3 rings (SSSR count). The highest BCUT2D eigenvalue weighted by Gasteiger charge is 2.31. The first-order chi connectivity index (χ1) is 11.7. The number of halogens is 4. The Morgan fingerprint density at radius 3 is 2.48 bits per heavy atom. The average Bonchev–Trinajstić information content (AvgIpc) is 3.37. The largest absolute Gasteiger partial charge is 0.487 e. The minimum Gasteiger partial charge on any atom is -0.487 e. The second-order valence-corrected chi connectivity index (χ2v) is 6.63. The van der Waals surface area contributed by atoms with Crippen molar-refractivity contribution in [1.29, 1.82) is 0 Å². The van der Waals surface area contributed by atoms with Gasteiger partial charge in [-0.15, -0.1) is 0 Å². The summed E-state index contributed by atoms with van der Waals surface area (Å²) < 4.78 is 43.6. The van der Waals surface area contributed by atoms with Crippen molar-refractivity contribution in [3.05, 3.63) is 63.7 Å². The fourth-order valence-electron chi connectivity index (χ4n) is 2.61. The first-order valence-electron chi connectivity index (χ1n) is 7.88. The number of hydrogen-bond acceptors (Lipinski definition) is 2. The Balaban J connectivity index is 1.78. The van der Waals surface area contributed by atoms with Crippen molar-refractivity contribution in [2.24, 2.45) is 0 Å². The molecule has 0 N–H and O–H groups in total. The van der Waals surface area contributed by atoms with Gasteiger partial charge in [-0.25, -0.2) is 0 Å². The van der Waals surface area contributed by atoms with Gasteiger partial charge in [-0.3, -0.25) is 4.79 Å². The van der Waals surface area contributed by atoms with Gasteiger partial charge in [0.2, 0.25) is 0 Å². The summed E-state index contributed by atoms with van der Waals surface area (Å²) in [5, 5.41) is -0.0973. The summed E-state index contributed by atoms with van der Waals surface area (Å²) in [4.78, 5) is 11.7. The molecule has 0 unspecified atom stereocenters. The Morgan fingerprint density at radius 1 is 1.20 bits per heavy atom. The highest BCUT2D eigenvalue weighted by Crippen LogP contribution is 2.41. The first-order valence-corrected chi connectivity index (χ1v) is 8.26. The third-order valence-electron chi connectivity index (χ3n) is 4.12. The topological polar surface area (TPSA) is 26.3 Å². The Morgan fingerprint density at radius 2 is 1.92 bits per heavy atom. The molecular formula is C19H16ClF3O2. The molecule has 25 heavy (non-hydrogen) atoms. The maximum Gasteiger partial charge on any atom is 0.416 e. The van der Waals surface area contributed by atoms with E-state index in [9.17, 15) is 18.0 Å². The SMILES string of the molecule is CC(=O)c1cc(COc2ccc(C(F)(F)F)cc2Cl)cc(C2CC2)c1. The van der Waals surface area contributed by atoms with E-state index in [1.165, 1.54) is 13.0 Å². The molecule has 0 saturated heterocycles. The predicted molar refractivity (Wildman–Crippen MR) is 89.2 cm³/mol. The Hall–Kier alpha value is -2.01. The van der Waals surface area contributed by atoms with Gasteiger partial charge in [0.15, 0.2) is 5.78 Å². The highest BCUT2D eigenvalue weighted by atomic mass is 35.5. The first kappa shape index (κ1) is 17.8. The number of hydrogen-bond donors (Lipinski definition) is 0. The van der Waals surface area contributed by atoms with Crippen molar-refractivity contribution in [1.82, 2.24) is 0 Å². The monoisotopic (exact) mass is 368 g/mol. The number of ether oxygens (including phenoxy) is 1. The van der Waals surface area contributed by atoms with E-state index >= 15 is 0 Å². The van der Waals surface area contributed by atoms with Gasteiger partial charge >= 0.3 is 6.18 Å². The zero-order valence-electron chi connectivity index (χ0n) is 13.5. The predicted octanol–water partition coefficient (Wildman–Crippen LogP) is 6.02. The minimum absolute atomic E-state index is 0.0312. The Kier molecular flexibility index (Phi) is 4.78. The van der Waals surface area contributed by atoms with Gasteiger partial charge in [0.05, 0.1) is 10.6 Å². The van der Waals surface area contributed by atoms with Gasteiger partial charge in [-0.05, 0) is 67.1 Å². The van der Waals surface area contributed by atoms with Crippen LogP contribution in [0.4, 0.5) is 13.2 Å². The molecule has 0 radical (unpaired) electrons. The Labute approximate surface area is 148 Å². The van der Waals surface area contributed by atoms with Gasteiger partial charge in [0.25, 0.3) is 0 Å². The number of alkyl halides is 3. The summed E-state index contributed by atoms with van der Waals surface area (Å²) in [6, 6.07) is 8.60. The van der Waals surface area contributed by atoms with Crippen LogP contribution in [0.5, 0.6) is 5.75 Å². The second-order valence-electron chi connectivity index (χ2n) is 6.23. The standard InChI is InChI=1S/C19H16ClF3O2/c1-11(24)14-6-12(7-15(8-14)13-2-3-13)10-25-18-5-4-16(9-17(18)20)19(21,22)23/h4-9,13H,2-3,10H2,1H3. The molecule has 6 heteroatoms. The molecular weight excluding hydrogens is 353 g/mol. The van der Waals surface area contributed by atoms with E-state index in [0.29, 0.717) is 11.5 Å². The fraction of sp³-hybridized carbons (Fsp3) is 0.316. The molecule has 2 aromatic rings. The maximum atomic E-state index is 12.7. The van der Waals surface area contributed by atoms with E-state index in [1.54, 1.807) is 6.07 Å². The molecule has 1 fully saturated rings. The summed E-state index contributed by atoms with van der Waals surface area (Å²) in [7, 11) is 0. The number of benzene rings is 2. The lowest BCUT2D eigenvalue weighted by Gasteiger charge is -2.13. The number of Topliss-reactive ketones (excluding diaryl/α,β-unsaturated/α-hetero) is 1. The molecule has 1 aliphatic rings. The van der Waals surface area contributed by atoms with Crippen LogP contribution in [0.1, 0.15) is 52.7 Å². The average molecular weight is 369 g/mol. The van der Waals surface area contributed by atoms with Crippen LogP contribution >= 0.6 is 11.6 Å². The zero-order chi connectivity index (χ0) is 18.2. The molecule has 1 saturated carbocycles. The molecule has 0 amide bonds. The van der Waals surface area contributed by atoms with Crippen molar-refractivity contribution in [2.75, 3.05) is 0 Å². The van der Waals surface area contributed by atoms with Crippen molar-refractivity contribution >= 4 is 17.4 Å². The van der Waals surface area contributed by atoms with Gasteiger partial charge in [-0.1, -0.05) is 17.7 Å². The Bertz CT molecular complexity index is 811. The van der Waals surface area contributed by atoms with Gasteiger partial charge in [0, 0.05) is 5.56 Å². The molecule has 0 heterocycles. The molecule has 0 aromatic heterocycles. The van der Waals surface area contributed by atoms with Crippen molar-refractivity contribution in [2.45, 2.75) is 38.5 Å². The third-order valence-corrected chi connectivity index (χ3v) is 4.42. The molecule has 0 bridgehead atoms. The van der Waals surface area contributed by atoms with Crippen LogP contribution < -0.4 is 4.74 Å². The molecule has 0 atom stereocenters. The minimum atomic E-state index is -4.45. The van der Waals surface area contributed by atoms with Crippen LogP contribution in [0.15, 0.2) is 36.4 Å². The van der Waals surface area contributed by atoms with E-state index < -0.39 is 11.7 Å². The van der Waals surface area contributed by atoms with Crippen molar-refractivity contribution < 1.29 is 22.7 Å². The molecule has 1 aliphatic carbocycles. The second kappa shape index (κ2) is 6.71. The lowest BCUT2D eigenvalue weighted by atomic mass is 10.0. The maximum absolute atomic E-state index is 12.7. The van der Waals surface area contributed by atoms with Crippen LogP contribution in [0.25, 0.3) is 0 Å². The van der Waals surface area contributed by atoms with Crippen LogP contribution in [0.3, 0.4) is 0 Å². The summed E-state index contributed by atoms with van der Waals surface area (Å²) in [5.74, 6) is 0.625. The lowest BCUT2D eigenvalue weighted by Crippen LogP contribution is -2.05. The number of carbonyl (C=O) groups excluding carboxylic acids is 1. The summed E-state index contributed by atoms with van der Waals surface area (Å²) in [6.07, 6.45) is -2.24. The highest BCUT2D eigenvalue weighted by molar-refractivity contribution is 6.32. The third kappa shape index (κ3) is 4.34. The smallest absolute Gasteiger partial charge is 0.416 e. The number of ketones is 1. The van der Waals surface area contributed by atoms with E-state index in [2.05, 4.69) is 0 Å². The van der Waals surface area contributed by atoms with Crippen LogP contribution in [-0.2, 0) is 12.8 Å². The summed E-state index contributed by atoms with van der Waals surface area (Å²) in [5.41, 5.74) is 1.69. The molecule has 2 aromatic carbocycles. The van der Waals surface area contributed by atoms with Crippen molar-refractivity contribution in [3.63, 3.8) is 0 Å². The molecule has 2 nitrogen and oxygen atoms in total. The van der Waals surface area contributed by atoms with Gasteiger partial charge < -0.3 is 4.74 Å². The van der Waals surface area contributed by atoms with Crippen LogP contribution in [-0.4, -0.2) is 5.78 Å². The molecule has 0 spiro atoms. The molecule has 0 aliphatic heterocycles. The van der Waals surface area contributed by atoms with E-state index in [4.69, 9.17) is 16.3 Å². The quantitative estimate of drug-likeness (QED) is 0.603. The normalized spacial score (nSPS) is 14.4. The van der Waals surface area contributed by atoms with Gasteiger partial charge in [-0.2, -0.15) is 13.2 Å². The number of rotatable bonds is 5. The van der Waals surface area contributed by atoms with Gasteiger partial charge in [0.1, 0.15) is 12.4 Å². The van der Waals surface area contributed by atoms with Crippen molar-refractivity contribution in [3.8, 4) is 5.75 Å². The summed E-state index contributed by atoms with van der Waals surface area (Å²) >= 11 is 5.90.